The van der Waals surface area contributed by atoms with Crippen molar-refractivity contribution in [3.05, 3.63) is 0 Å². The first kappa shape index (κ1) is 14.8. The first-order valence-corrected chi connectivity index (χ1v) is 7.45. The fourth-order valence-electron chi connectivity index (χ4n) is 3.38. The molecule has 2 rings (SSSR count). The Morgan fingerprint density at radius 1 is 1.26 bits per heavy atom. The normalized spacial score (nSPS) is 35.2. The van der Waals surface area contributed by atoms with E-state index in [1.54, 1.807) is 7.11 Å². The van der Waals surface area contributed by atoms with Crippen molar-refractivity contribution in [1.82, 2.24) is 10.2 Å². The molecule has 2 aliphatic heterocycles. The second kappa shape index (κ2) is 5.41. The SMILES string of the molecule is COC1(C)CCCN(C(=O)C2NCCCC2(C)C)C1. The minimum absolute atomic E-state index is 0.0412. The molecular formula is C15H28N2O2. The van der Waals surface area contributed by atoms with Gasteiger partial charge in [-0.05, 0) is 44.6 Å². The van der Waals surface area contributed by atoms with Crippen LogP contribution in [-0.2, 0) is 9.53 Å². The molecule has 19 heavy (non-hydrogen) atoms. The van der Waals surface area contributed by atoms with Gasteiger partial charge in [-0.3, -0.25) is 4.79 Å². The van der Waals surface area contributed by atoms with Gasteiger partial charge in [0.05, 0.1) is 11.6 Å². The molecule has 0 aromatic rings. The van der Waals surface area contributed by atoms with E-state index in [1.807, 2.05) is 4.90 Å². The van der Waals surface area contributed by atoms with Crippen LogP contribution in [0.15, 0.2) is 0 Å². The number of carbonyl (C=O) groups excluding carboxylic acids is 1. The Bertz CT molecular complexity index is 343. The largest absolute Gasteiger partial charge is 0.377 e. The number of piperidine rings is 2. The lowest BCUT2D eigenvalue weighted by Crippen LogP contribution is -2.60. The number of nitrogens with zero attached hydrogens (tertiary/aromatic N) is 1. The van der Waals surface area contributed by atoms with Crippen LogP contribution in [0.2, 0.25) is 0 Å². The molecule has 0 bridgehead atoms. The lowest BCUT2D eigenvalue weighted by Gasteiger charge is -2.45. The third kappa shape index (κ3) is 3.11. The number of methoxy groups -OCH3 is 1. The molecule has 0 aliphatic carbocycles. The van der Waals surface area contributed by atoms with Crippen molar-refractivity contribution in [3.63, 3.8) is 0 Å². The molecular weight excluding hydrogens is 240 g/mol. The summed E-state index contributed by atoms with van der Waals surface area (Å²) in [5.41, 5.74) is -0.122. The molecule has 0 aromatic heterocycles. The van der Waals surface area contributed by atoms with Crippen LogP contribution < -0.4 is 5.32 Å². The van der Waals surface area contributed by atoms with E-state index in [1.165, 1.54) is 0 Å². The molecule has 2 fully saturated rings. The zero-order valence-electron chi connectivity index (χ0n) is 12.8. The monoisotopic (exact) mass is 268 g/mol. The summed E-state index contributed by atoms with van der Waals surface area (Å²) in [6.45, 7) is 9.03. The maximum absolute atomic E-state index is 12.8. The van der Waals surface area contributed by atoms with Crippen molar-refractivity contribution in [2.75, 3.05) is 26.7 Å². The zero-order valence-corrected chi connectivity index (χ0v) is 12.8. The molecule has 0 spiro atoms. The summed E-state index contributed by atoms with van der Waals surface area (Å²) in [7, 11) is 1.75. The summed E-state index contributed by atoms with van der Waals surface area (Å²) < 4.78 is 5.58. The van der Waals surface area contributed by atoms with Gasteiger partial charge in [0.1, 0.15) is 0 Å². The van der Waals surface area contributed by atoms with Crippen molar-refractivity contribution in [2.24, 2.45) is 5.41 Å². The molecule has 110 valence electrons. The maximum Gasteiger partial charge on any atom is 0.240 e. The van der Waals surface area contributed by atoms with E-state index >= 15 is 0 Å². The Morgan fingerprint density at radius 3 is 2.63 bits per heavy atom. The second-order valence-electron chi connectivity index (χ2n) is 7.00. The van der Waals surface area contributed by atoms with Crippen molar-refractivity contribution >= 4 is 5.91 Å². The molecule has 0 aromatic carbocycles. The Hall–Kier alpha value is -0.610. The number of hydrogen-bond acceptors (Lipinski definition) is 3. The van der Waals surface area contributed by atoms with E-state index in [4.69, 9.17) is 4.74 Å². The van der Waals surface area contributed by atoms with Crippen LogP contribution in [0.4, 0.5) is 0 Å². The van der Waals surface area contributed by atoms with Crippen molar-refractivity contribution in [2.45, 2.75) is 58.1 Å². The van der Waals surface area contributed by atoms with Gasteiger partial charge in [0, 0.05) is 20.2 Å². The molecule has 1 N–H and O–H groups in total. The van der Waals surface area contributed by atoms with Gasteiger partial charge in [-0.25, -0.2) is 0 Å². The molecule has 2 heterocycles. The summed E-state index contributed by atoms with van der Waals surface area (Å²) in [5, 5.41) is 3.42. The molecule has 2 saturated heterocycles. The van der Waals surface area contributed by atoms with Gasteiger partial charge in [0.25, 0.3) is 0 Å². The lowest BCUT2D eigenvalue weighted by atomic mass is 9.76. The van der Waals surface area contributed by atoms with E-state index in [9.17, 15) is 4.79 Å². The Morgan fingerprint density at radius 2 is 2.00 bits per heavy atom. The summed E-state index contributed by atoms with van der Waals surface area (Å²) in [6.07, 6.45) is 4.34. The smallest absolute Gasteiger partial charge is 0.240 e. The van der Waals surface area contributed by atoms with Gasteiger partial charge in [0.15, 0.2) is 0 Å². The third-order valence-corrected chi connectivity index (χ3v) is 4.84. The van der Waals surface area contributed by atoms with Gasteiger partial charge >= 0.3 is 0 Å². The Labute approximate surface area is 116 Å². The highest BCUT2D eigenvalue weighted by atomic mass is 16.5. The summed E-state index contributed by atoms with van der Waals surface area (Å²) in [4.78, 5) is 14.8. The predicted molar refractivity (Wildman–Crippen MR) is 76.0 cm³/mol. The van der Waals surface area contributed by atoms with Crippen LogP contribution in [0.5, 0.6) is 0 Å². The van der Waals surface area contributed by atoms with Crippen molar-refractivity contribution in [3.8, 4) is 0 Å². The molecule has 0 saturated carbocycles. The van der Waals surface area contributed by atoms with Crippen molar-refractivity contribution < 1.29 is 9.53 Å². The molecule has 0 radical (unpaired) electrons. The summed E-state index contributed by atoms with van der Waals surface area (Å²) in [5.74, 6) is 0.257. The number of amides is 1. The average molecular weight is 268 g/mol. The minimum atomic E-state index is -0.174. The van der Waals surface area contributed by atoms with E-state index in [-0.39, 0.29) is 23.0 Å². The quantitative estimate of drug-likeness (QED) is 0.830. The third-order valence-electron chi connectivity index (χ3n) is 4.84. The number of carbonyl (C=O) groups is 1. The number of nitrogens with one attached hydrogen (secondary N) is 1. The second-order valence-corrected chi connectivity index (χ2v) is 7.00. The number of rotatable bonds is 2. The van der Waals surface area contributed by atoms with Crippen LogP contribution in [-0.4, -0.2) is 49.2 Å². The van der Waals surface area contributed by atoms with Gasteiger partial charge in [-0.1, -0.05) is 13.8 Å². The first-order chi connectivity index (χ1) is 8.88. The van der Waals surface area contributed by atoms with Crippen LogP contribution >= 0.6 is 0 Å². The molecule has 2 unspecified atom stereocenters. The van der Waals surface area contributed by atoms with E-state index < -0.39 is 0 Å². The highest BCUT2D eigenvalue weighted by Gasteiger charge is 2.42. The first-order valence-electron chi connectivity index (χ1n) is 7.45. The Kier molecular flexibility index (Phi) is 4.21. The number of ether oxygens (including phenoxy) is 1. The van der Waals surface area contributed by atoms with Gasteiger partial charge in [-0.15, -0.1) is 0 Å². The van der Waals surface area contributed by atoms with Gasteiger partial charge < -0.3 is 15.0 Å². The van der Waals surface area contributed by atoms with E-state index in [2.05, 4.69) is 26.1 Å². The average Bonchev–Trinajstić information content (AvgIpc) is 2.37. The maximum atomic E-state index is 12.8. The molecule has 4 heteroatoms. The fourth-order valence-corrected chi connectivity index (χ4v) is 3.38. The predicted octanol–water partition coefficient (Wildman–Crippen LogP) is 1.79. The van der Waals surface area contributed by atoms with Crippen molar-refractivity contribution in [1.29, 1.82) is 0 Å². The molecule has 4 nitrogen and oxygen atoms in total. The standard InChI is InChI=1S/C15H28N2O2/c1-14(2)7-5-9-16-12(14)13(18)17-10-6-8-15(3,11-17)19-4/h12,16H,5-11H2,1-4H3. The topological polar surface area (TPSA) is 41.6 Å². The summed E-state index contributed by atoms with van der Waals surface area (Å²) in [6, 6.07) is -0.0412. The zero-order chi connectivity index (χ0) is 14.1. The molecule has 1 amide bonds. The van der Waals surface area contributed by atoms with E-state index in [0.717, 1.165) is 45.3 Å². The molecule has 2 aliphatic rings. The fraction of sp³-hybridized carbons (Fsp3) is 0.933. The van der Waals surface area contributed by atoms with E-state index in [0.29, 0.717) is 0 Å². The molecule has 2 atom stereocenters. The van der Waals surface area contributed by atoms with Crippen LogP contribution in [0, 0.1) is 5.41 Å². The van der Waals surface area contributed by atoms with Crippen LogP contribution in [0.1, 0.15) is 46.5 Å². The van der Waals surface area contributed by atoms with Gasteiger partial charge in [-0.2, -0.15) is 0 Å². The highest BCUT2D eigenvalue weighted by molar-refractivity contribution is 5.83. The van der Waals surface area contributed by atoms with Gasteiger partial charge in [0.2, 0.25) is 5.91 Å². The lowest BCUT2D eigenvalue weighted by molar-refractivity contribution is -0.145. The number of hydrogen-bond donors (Lipinski definition) is 1. The highest BCUT2D eigenvalue weighted by Crippen LogP contribution is 2.32. The van der Waals surface area contributed by atoms with Crippen LogP contribution in [0.25, 0.3) is 0 Å². The Balaban J connectivity index is 2.06. The summed E-state index contributed by atoms with van der Waals surface area (Å²) >= 11 is 0. The van der Waals surface area contributed by atoms with Crippen LogP contribution in [0.3, 0.4) is 0 Å². The minimum Gasteiger partial charge on any atom is -0.377 e. The number of likely N-dealkylation sites (tertiary alicyclic amines) is 1.